The largest absolute Gasteiger partial charge is 0.483 e. The van der Waals surface area contributed by atoms with Crippen LogP contribution in [0.1, 0.15) is 29.7 Å². The second kappa shape index (κ2) is 8.22. The van der Waals surface area contributed by atoms with Gasteiger partial charge in [-0.2, -0.15) is 5.10 Å². The molecule has 1 N–H and O–H groups in total. The molecule has 140 valence electrons. The zero-order valence-corrected chi connectivity index (χ0v) is 16.2. The van der Waals surface area contributed by atoms with Crippen molar-refractivity contribution >= 4 is 17.5 Å². The Morgan fingerprint density at radius 3 is 2.48 bits per heavy atom. The zero-order valence-electron chi connectivity index (χ0n) is 15.4. The van der Waals surface area contributed by atoms with Gasteiger partial charge in [0.2, 0.25) is 0 Å². The van der Waals surface area contributed by atoms with Gasteiger partial charge in [0.1, 0.15) is 18.4 Å². The minimum atomic E-state index is -0.184. The smallest absolute Gasteiger partial charge is 0.258 e. The molecule has 0 unspecified atom stereocenters. The molecule has 0 aliphatic carbocycles. The van der Waals surface area contributed by atoms with Crippen molar-refractivity contribution in [1.82, 2.24) is 20.1 Å². The van der Waals surface area contributed by atoms with Crippen molar-refractivity contribution in [2.45, 2.75) is 26.8 Å². The number of carbonyl (C=O) groups excluding carboxylic acids is 1. The topological polar surface area (TPSA) is 69.0 Å². The van der Waals surface area contributed by atoms with Gasteiger partial charge in [-0.05, 0) is 61.7 Å². The number of ether oxygens (including phenoxy) is 1. The van der Waals surface area contributed by atoms with Crippen LogP contribution >= 0.6 is 11.6 Å². The van der Waals surface area contributed by atoms with Crippen LogP contribution < -0.4 is 10.1 Å². The van der Waals surface area contributed by atoms with E-state index in [1.807, 2.05) is 57.2 Å². The van der Waals surface area contributed by atoms with E-state index in [1.165, 1.54) is 6.33 Å². The van der Waals surface area contributed by atoms with E-state index in [1.54, 1.807) is 11.0 Å². The molecule has 3 rings (SSSR count). The van der Waals surface area contributed by atoms with Crippen LogP contribution in [0.2, 0.25) is 5.02 Å². The van der Waals surface area contributed by atoms with E-state index >= 15 is 0 Å². The van der Waals surface area contributed by atoms with Crippen molar-refractivity contribution in [3.63, 3.8) is 0 Å². The lowest BCUT2D eigenvalue weighted by molar-refractivity contribution is -0.123. The Balaban J connectivity index is 1.58. The second-order valence-corrected chi connectivity index (χ2v) is 6.81. The Hall–Kier alpha value is -2.86. The van der Waals surface area contributed by atoms with Gasteiger partial charge in [0.25, 0.3) is 5.91 Å². The summed E-state index contributed by atoms with van der Waals surface area (Å²) in [6.07, 6.45) is 3.12. The van der Waals surface area contributed by atoms with Crippen LogP contribution in [0.15, 0.2) is 49.1 Å². The number of hydrogen-bond acceptors (Lipinski definition) is 4. The highest BCUT2D eigenvalue weighted by molar-refractivity contribution is 6.30. The molecule has 0 radical (unpaired) electrons. The molecule has 2 aromatic carbocycles. The summed E-state index contributed by atoms with van der Waals surface area (Å²) >= 11 is 6.02. The summed E-state index contributed by atoms with van der Waals surface area (Å²) in [5.41, 5.74) is 3.71. The van der Waals surface area contributed by atoms with Crippen molar-refractivity contribution < 1.29 is 9.53 Å². The van der Waals surface area contributed by atoms with Crippen LogP contribution in [0.25, 0.3) is 5.69 Å². The summed E-state index contributed by atoms with van der Waals surface area (Å²) in [6.45, 7) is 5.70. The fourth-order valence-corrected chi connectivity index (χ4v) is 3.21. The molecular formula is C20H21ClN4O2. The molecule has 7 heteroatoms. The Labute approximate surface area is 163 Å². The van der Waals surface area contributed by atoms with Crippen molar-refractivity contribution in [3.05, 3.63) is 70.8 Å². The van der Waals surface area contributed by atoms with Crippen molar-refractivity contribution in [2.24, 2.45) is 0 Å². The first-order chi connectivity index (χ1) is 12.9. The summed E-state index contributed by atoms with van der Waals surface area (Å²) in [5, 5.41) is 7.70. The maximum absolute atomic E-state index is 12.3. The molecule has 1 heterocycles. The molecule has 0 aliphatic rings. The Bertz CT molecular complexity index is 901. The number of amides is 1. The van der Waals surface area contributed by atoms with E-state index in [4.69, 9.17) is 16.3 Å². The molecule has 0 bridgehead atoms. The molecule has 3 aromatic rings. The monoisotopic (exact) mass is 384 g/mol. The molecule has 1 amide bonds. The maximum Gasteiger partial charge on any atom is 0.258 e. The molecule has 0 saturated carbocycles. The number of halogens is 1. The molecular weight excluding hydrogens is 364 g/mol. The number of aryl methyl sites for hydroxylation is 2. The lowest BCUT2D eigenvalue weighted by atomic mass is 10.1. The predicted molar refractivity (Wildman–Crippen MR) is 104 cm³/mol. The van der Waals surface area contributed by atoms with E-state index in [0.29, 0.717) is 10.8 Å². The second-order valence-electron chi connectivity index (χ2n) is 6.38. The van der Waals surface area contributed by atoms with Gasteiger partial charge >= 0.3 is 0 Å². The number of hydrogen-bond donors (Lipinski definition) is 1. The fourth-order valence-electron chi connectivity index (χ4n) is 2.89. The highest BCUT2D eigenvalue weighted by atomic mass is 35.5. The van der Waals surface area contributed by atoms with Gasteiger partial charge in [-0.3, -0.25) is 4.79 Å². The highest BCUT2D eigenvalue weighted by Gasteiger charge is 2.12. The number of aromatic nitrogens is 3. The van der Waals surface area contributed by atoms with Crippen LogP contribution in [0.5, 0.6) is 5.75 Å². The van der Waals surface area contributed by atoms with Crippen LogP contribution in [0.3, 0.4) is 0 Å². The molecule has 0 spiro atoms. The number of rotatable bonds is 6. The third kappa shape index (κ3) is 4.65. The van der Waals surface area contributed by atoms with Gasteiger partial charge in [-0.25, -0.2) is 9.67 Å². The third-order valence-electron chi connectivity index (χ3n) is 4.23. The highest BCUT2D eigenvalue weighted by Crippen LogP contribution is 2.27. The minimum Gasteiger partial charge on any atom is -0.483 e. The van der Waals surface area contributed by atoms with Crippen molar-refractivity contribution in [3.8, 4) is 11.4 Å². The minimum absolute atomic E-state index is 0.0509. The van der Waals surface area contributed by atoms with Crippen LogP contribution in [0, 0.1) is 13.8 Å². The number of carbonyl (C=O) groups is 1. The molecule has 0 fully saturated rings. The number of nitrogens with zero attached hydrogens (tertiary/aromatic N) is 3. The molecule has 0 saturated heterocycles. The van der Waals surface area contributed by atoms with Crippen molar-refractivity contribution in [2.75, 3.05) is 6.61 Å². The summed E-state index contributed by atoms with van der Waals surface area (Å²) in [6, 6.07) is 11.3. The van der Waals surface area contributed by atoms with Gasteiger partial charge in [0.05, 0.1) is 11.7 Å². The van der Waals surface area contributed by atoms with Crippen LogP contribution in [-0.4, -0.2) is 27.3 Å². The van der Waals surface area contributed by atoms with E-state index in [0.717, 1.165) is 22.4 Å². The zero-order chi connectivity index (χ0) is 19.4. The SMILES string of the molecule is Cc1cc(Cl)cc(C)c1OCC(=O)N[C@H](C)c1ccc(-n2cncn2)cc1. The van der Waals surface area contributed by atoms with E-state index in [2.05, 4.69) is 15.4 Å². The quantitative estimate of drug-likeness (QED) is 0.702. The predicted octanol–water partition coefficient (Wildman–Crippen LogP) is 3.79. The first-order valence-electron chi connectivity index (χ1n) is 8.58. The molecule has 6 nitrogen and oxygen atoms in total. The number of benzene rings is 2. The van der Waals surface area contributed by atoms with Gasteiger partial charge < -0.3 is 10.1 Å². The molecule has 1 aromatic heterocycles. The summed E-state index contributed by atoms with van der Waals surface area (Å²) in [4.78, 5) is 16.2. The summed E-state index contributed by atoms with van der Waals surface area (Å²) in [5.74, 6) is 0.510. The average Bonchev–Trinajstić information content (AvgIpc) is 3.15. The van der Waals surface area contributed by atoms with Gasteiger partial charge in [-0.1, -0.05) is 23.7 Å². The standard InChI is InChI=1S/C20H21ClN4O2/c1-13-8-17(21)9-14(2)20(13)27-10-19(26)24-15(3)16-4-6-18(7-5-16)25-12-22-11-23-25/h4-9,11-12,15H,10H2,1-3H3,(H,24,26)/t15-/m1/s1. The third-order valence-corrected chi connectivity index (χ3v) is 4.44. The molecule has 1 atom stereocenters. The van der Waals surface area contributed by atoms with Gasteiger partial charge in [-0.15, -0.1) is 0 Å². The summed E-state index contributed by atoms with van der Waals surface area (Å²) < 4.78 is 7.38. The van der Waals surface area contributed by atoms with Gasteiger partial charge in [0, 0.05) is 5.02 Å². The Morgan fingerprint density at radius 2 is 1.89 bits per heavy atom. The summed E-state index contributed by atoms with van der Waals surface area (Å²) in [7, 11) is 0. The lowest BCUT2D eigenvalue weighted by Crippen LogP contribution is -2.31. The number of nitrogens with one attached hydrogen (secondary N) is 1. The Kier molecular flexibility index (Phi) is 5.76. The molecule has 27 heavy (non-hydrogen) atoms. The fraction of sp³-hybridized carbons (Fsp3) is 0.250. The van der Waals surface area contributed by atoms with Gasteiger partial charge in [0.15, 0.2) is 6.61 Å². The van der Waals surface area contributed by atoms with Crippen molar-refractivity contribution in [1.29, 1.82) is 0 Å². The average molecular weight is 385 g/mol. The normalized spacial score (nSPS) is 11.9. The Morgan fingerprint density at radius 1 is 1.22 bits per heavy atom. The van der Waals surface area contributed by atoms with Crippen LogP contribution in [-0.2, 0) is 4.79 Å². The first-order valence-corrected chi connectivity index (χ1v) is 8.95. The van der Waals surface area contributed by atoms with E-state index in [-0.39, 0.29) is 18.6 Å². The first kappa shape index (κ1) is 18.9. The molecule has 0 aliphatic heterocycles. The lowest BCUT2D eigenvalue weighted by Gasteiger charge is -2.16. The van der Waals surface area contributed by atoms with E-state index in [9.17, 15) is 4.79 Å². The van der Waals surface area contributed by atoms with Crippen LogP contribution in [0.4, 0.5) is 0 Å². The van der Waals surface area contributed by atoms with E-state index < -0.39 is 0 Å². The maximum atomic E-state index is 12.3.